The van der Waals surface area contributed by atoms with Gasteiger partial charge in [-0.2, -0.15) is 18.4 Å². The molecular weight excluding hydrogens is 741 g/mol. The first-order valence-electron chi connectivity index (χ1n) is 17.6. The topological polar surface area (TPSA) is 157 Å². The van der Waals surface area contributed by atoms with E-state index in [1.54, 1.807) is 31.2 Å². The number of aliphatic hydroxyl groups excluding tert-OH is 2. The number of carbonyl (C=O) groups is 1. The molecule has 55 heavy (non-hydrogen) atoms. The van der Waals surface area contributed by atoms with Gasteiger partial charge < -0.3 is 34.4 Å². The minimum atomic E-state index is -4.71. The SMILES string of the molecule is Cc1c(COc2cc(OCc3cncc(C#N)c3)c(CN[C@](C)(CO)C(=O)O)cc2Cl)cccc1-c1cccc(OCCCN2CC[C@H](O)C2)c1C(F)(F)F. The van der Waals surface area contributed by atoms with Gasteiger partial charge in [0.05, 0.1) is 29.9 Å². The summed E-state index contributed by atoms with van der Waals surface area (Å²) in [6.07, 6.45) is -0.972. The first-order chi connectivity index (χ1) is 26.2. The van der Waals surface area contributed by atoms with Crippen LogP contribution in [0.2, 0.25) is 5.02 Å². The van der Waals surface area contributed by atoms with E-state index in [4.69, 9.17) is 25.8 Å². The van der Waals surface area contributed by atoms with Crippen LogP contribution in [0.15, 0.2) is 67.0 Å². The number of rotatable bonds is 17. The molecule has 1 saturated heterocycles. The van der Waals surface area contributed by atoms with E-state index >= 15 is 0 Å². The van der Waals surface area contributed by atoms with E-state index in [2.05, 4.69) is 15.2 Å². The summed E-state index contributed by atoms with van der Waals surface area (Å²) in [5, 5.41) is 41.3. The van der Waals surface area contributed by atoms with Crippen molar-refractivity contribution in [1.82, 2.24) is 15.2 Å². The molecule has 1 aliphatic rings. The van der Waals surface area contributed by atoms with Crippen LogP contribution in [0.5, 0.6) is 17.2 Å². The maximum Gasteiger partial charge on any atom is 0.420 e. The molecule has 0 amide bonds. The average molecular weight is 783 g/mol. The molecule has 0 bridgehead atoms. The van der Waals surface area contributed by atoms with E-state index in [0.717, 1.165) is 6.54 Å². The van der Waals surface area contributed by atoms with Gasteiger partial charge in [0.15, 0.2) is 0 Å². The van der Waals surface area contributed by atoms with Gasteiger partial charge in [-0.25, -0.2) is 0 Å². The Morgan fingerprint density at radius 2 is 1.78 bits per heavy atom. The highest BCUT2D eigenvalue weighted by Crippen LogP contribution is 2.44. The Bertz CT molecular complexity index is 2030. The van der Waals surface area contributed by atoms with Crippen molar-refractivity contribution in [3.05, 3.63) is 105 Å². The summed E-state index contributed by atoms with van der Waals surface area (Å²) in [4.78, 5) is 17.9. The maximum atomic E-state index is 14.7. The zero-order chi connectivity index (χ0) is 39.8. The second kappa shape index (κ2) is 18.1. The lowest BCUT2D eigenvalue weighted by Gasteiger charge is -2.25. The molecule has 0 radical (unpaired) electrons. The van der Waals surface area contributed by atoms with E-state index in [0.29, 0.717) is 59.3 Å². The van der Waals surface area contributed by atoms with Gasteiger partial charge in [-0.1, -0.05) is 41.9 Å². The van der Waals surface area contributed by atoms with Crippen LogP contribution in [-0.4, -0.2) is 75.7 Å². The summed E-state index contributed by atoms with van der Waals surface area (Å²) in [6.45, 7) is 4.17. The largest absolute Gasteiger partial charge is 0.493 e. The number of carboxylic acid groups (broad SMARTS) is 1. The molecule has 5 rings (SSSR count). The molecule has 0 spiro atoms. The summed E-state index contributed by atoms with van der Waals surface area (Å²) in [5.41, 5.74) is 0.269. The number of ether oxygens (including phenoxy) is 3. The van der Waals surface area contributed by atoms with Gasteiger partial charge in [0.25, 0.3) is 0 Å². The lowest BCUT2D eigenvalue weighted by Crippen LogP contribution is -2.52. The van der Waals surface area contributed by atoms with Crippen LogP contribution in [-0.2, 0) is 30.7 Å². The fourth-order valence-corrected chi connectivity index (χ4v) is 6.42. The number of nitrogens with zero attached hydrogens (tertiary/aromatic N) is 3. The Morgan fingerprint density at radius 1 is 1.04 bits per heavy atom. The molecule has 0 aliphatic carbocycles. The van der Waals surface area contributed by atoms with Crippen molar-refractivity contribution >= 4 is 17.6 Å². The van der Waals surface area contributed by atoms with Crippen LogP contribution in [0.4, 0.5) is 13.2 Å². The van der Waals surface area contributed by atoms with Crippen molar-refractivity contribution in [2.75, 3.05) is 32.8 Å². The summed E-state index contributed by atoms with van der Waals surface area (Å²) >= 11 is 6.65. The molecule has 1 fully saturated rings. The number of halogens is 4. The zero-order valence-electron chi connectivity index (χ0n) is 30.3. The monoisotopic (exact) mass is 782 g/mol. The van der Waals surface area contributed by atoms with Crippen LogP contribution in [0.3, 0.4) is 0 Å². The van der Waals surface area contributed by atoms with Crippen molar-refractivity contribution in [2.45, 2.75) is 64.3 Å². The molecule has 4 aromatic rings. The van der Waals surface area contributed by atoms with Crippen LogP contribution >= 0.6 is 11.6 Å². The number of hydrogen-bond donors (Lipinski definition) is 4. The van der Waals surface area contributed by atoms with Crippen molar-refractivity contribution in [2.24, 2.45) is 0 Å². The molecule has 292 valence electrons. The maximum absolute atomic E-state index is 14.7. The number of aromatic nitrogens is 1. The predicted octanol–water partition coefficient (Wildman–Crippen LogP) is 6.52. The highest BCUT2D eigenvalue weighted by atomic mass is 35.5. The Morgan fingerprint density at radius 3 is 2.47 bits per heavy atom. The highest BCUT2D eigenvalue weighted by Gasteiger charge is 2.38. The van der Waals surface area contributed by atoms with Gasteiger partial charge in [0.1, 0.15) is 47.6 Å². The van der Waals surface area contributed by atoms with Crippen molar-refractivity contribution in [1.29, 1.82) is 5.26 Å². The van der Waals surface area contributed by atoms with Gasteiger partial charge in [-0.15, -0.1) is 0 Å². The molecule has 3 aromatic carbocycles. The van der Waals surface area contributed by atoms with Crippen LogP contribution in [0, 0.1) is 18.3 Å². The number of alkyl halides is 3. The Balaban J connectivity index is 1.38. The molecule has 0 unspecified atom stereocenters. The molecule has 1 aliphatic heterocycles. The first-order valence-corrected chi connectivity index (χ1v) is 17.9. The molecular formula is C40H42ClF3N4O7. The first kappa shape index (κ1) is 41.3. The van der Waals surface area contributed by atoms with E-state index in [1.807, 2.05) is 6.07 Å². The van der Waals surface area contributed by atoms with E-state index < -0.39 is 29.9 Å². The second-order valence-corrected chi connectivity index (χ2v) is 13.9. The van der Waals surface area contributed by atoms with Crippen LogP contribution < -0.4 is 19.5 Å². The molecule has 4 N–H and O–H groups in total. The smallest absolute Gasteiger partial charge is 0.420 e. The van der Waals surface area contributed by atoms with Crippen molar-refractivity contribution in [3.63, 3.8) is 0 Å². The van der Waals surface area contributed by atoms with E-state index in [-0.39, 0.29) is 60.3 Å². The summed E-state index contributed by atoms with van der Waals surface area (Å²) < 4.78 is 61.9. The van der Waals surface area contributed by atoms with Gasteiger partial charge in [-0.3, -0.25) is 15.1 Å². The number of aliphatic hydroxyl groups is 2. The second-order valence-electron chi connectivity index (χ2n) is 13.5. The lowest BCUT2D eigenvalue weighted by atomic mass is 9.92. The number of carboxylic acids is 1. The summed E-state index contributed by atoms with van der Waals surface area (Å²) in [6, 6.07) is 15.9. The van der Waals surface area contributed by atoms with Gasteiger partial charge >= 0.3 is 12.1 Å². The van der Waals surface area contributed by atoms with Crippen molar-refractivity contribution in [3.8, 4) is 34.4 Å². The standard InChI is InChI=1S/C40H42ClF3N4O7/c1-25-28(6-3-7-31(25)32-8-4-9-34(37(32)40(42,43)44)53-13-5-11-48-12-10-30(50)21-48)23-55-36-16-35(54-22-27-14-26(17-45)18-46-19-27)29(15-33(36)41)20-47-39(2,24-49)38(51)52/h3-4,6-9,14-16,18-19,30,47,49-50H,5,10-13,20-24H2,1-2H3,(H,51,52)/t30-,39+/m0/s1. The van der Waals surface area contributed by atoms with Gasteiger partial charge in [0.2, 0.25) is 0 Å². The number of pyridine rings is 1. The third kappa shape index (κ3) is 10.4. The molecule has 15 heteroatoms. The third-order valence-corrected chi connectivity index (χ3v) is 9.74. The fraction of sp³-hybridized carbons (Fsp3) is 0.375. The summed E-state index contributed by atoms with van der Waals surface area (Å²) in [7, 11) is 0. The number of benzene rings is 3. The minimum absolute atomic E-state index is 0.0131. The average Bonchev–Trinajstić information content (AvgIpc) is 3.58. The Labute approximate surface area is 321 Å². The number of β-amino-alcohol motifs (C(OH)–C–C–N with tert-alkyl or cyclic N) is 1. The Hall–Kier alpha value is -4.91. The Kier molecular flexibility index (Phi) is 13.6. The molecule has 0 saturated carbocycles. The molecule has 11 nitrogen and oxygen atoms in total. The predicted molar refractivity (Wildman–Crippen MR) is 198 cm³/mol. The van der Waals surface area contributed by atoms with Gasteiger partial charge in [-0.05, 0) is 67.1 Å². The third-order valence-electron chi connectivity index (χ3n) is 9.44. The van der Waals surface area contributed by atoms with Crippen LogP contribution in [0.1, 0.15) is 53.1 Å². The molecule has 1 aromatic heterocycles. The van der Waals surface area contributed by atoms with E-state index in [9.17, 15) is 38.5 Å². The minimum Gasteiger partial charge on any atom is -0.493 e. The van der Waals surface area contributed by atoms with Gasteiger partial charge in [0, 0.05) is 55.8 Å². The quantitative estimate of drug-likeness (QED) is 0.0865. The lowest BCUT2D eigenvalue weighted by molar-refractivity contribution is -0.146. The summed E-state index contributed by atoms with van der Waals surface area (Å²) in [5.74, 6) is -1.08. The van der Waals surface area contributed by atoms with Crippen LogP contribution in [0.25, 0.3) is 11.1 Å². The number of aliphatic carboxylic acids is 1. The number of hydrogen-bond acceptors (Lipinski definition) is 10. The number of likely N-dealkylation sites (tertiary alicyclic amines) is 1. The normalized spacial score (nSPS) is 15.7. The molecule has 2 atom stereocenters. The highest BCUT2D eigenvalue weighted by molar-refractivity contribution is 6.32. The molecule has 2 heterocycles. The van der Waals surface area contributed by atoms with E-state index in [1.165, 1.54) is 49.6 Å². The van der Waals surface area contributed by atoms with Crippen molar-refractivity contribution < 1.29 is 47.5 Å². The fourth-order valence-electron chi connectivity index (χ4n) is 6.18. The number of nitriles is 1. The number of nitrogens with one attached hydrogen (secondary N) is 1. The zero-order valence-corrected chi connectivity index (χ0v) is 31.1.